The Balaban J connectivity index is 0.00000400. The molecule has 0 aliphatic heterocycles. The summed E-state index contributed by atoms with van der Waals surface area (Å²) in [5.41, 5.74) is -0.383. The molecule has 0 bridgehead atoms. The molecule has 0 aliphatic rings. The van der Waals surface area contributed by atoms with Crippen molar-refractivity contribution in [3.05, 3.63) is 23.8 Å². The van der Waals surface area contributed by atoms with Crippen LogP contribution in [0.2, 0.25) is 0 Å². The molecule has 0 unspecified atom stereocenters. The number of benzene rings is 1. The second kappa shape index (κ2) is 11.0. The van der Waals surface area contributed by atoms with Crippen LogP contribution in [0.3, 0.4) is 0 Å². The van der Waals surface area contributed by atoms with Gasteiger partial charge in [-0.25, -0.2) is 0 Å². The third kappa shape index (κ3) is 8.59. The second-order valence-electron chi connectivity index (χ2n) is 4.40. The normalized spacial score (nSPS) is 11.1. The molecule has 8 heteroatoms. The first kappa shape index (κ1) is 21.4. The molecule has 3 nitrogen and oxygen atoms in total. The van der Waals surface area contributed by atoms with Gasteiger partial charge in [0.05, 0.1) is 19.8 Å². The number of rotatable bonds is 9. The molecule has 0 saturated carbocycles. The molecule has 114 valence electrons. The van der Waals surface area contributed by atoms with Crippen LogP contribution < -0.4 is 61.6 Å². The van der Waals surface area contributed by atoms with Crippen molar-refractivity contribution in [3.63, 3.8) is 0 Å². The molecule has 0 amide bonds. The molecule has 0 aromatic heterocycles. The number of halogens is 3. The molecule has 1 rings (SSSR count). The predicted octanol–water partition coefficient (Wildman–Crippen LogP) is -0.515. The number of hydrogen-bond donors (Lipinski definition) is 0. The molecule has 1 aromatic rings. The van der Waals surface area contributed by atoms with Crippen molar-refractivity contribution in [1.82, 2.24) is 0 Å². The maximum Gasteiger partial charge on any atom is 1.00 e. The minimum Gasteiger partial charge on any atom is -0.494 e. The standard InChI is InChI=1S/C13H19BF3O3.K/c1-11-10-12(4-5-13(11)14(15,16)17)20-7-3-6-19-9-8-18-2;/h4-5,10H,3,6-9H2,1-2H3;/q-1;+1. The fraction of sp³-hybridized carbons (Fsp3) is 0.538. The molecule has 0 aliphatic carbocycles. The second-order valence-corrected chi connectivity index (χ2v) is 4.40. The van der Waals surface area contributed by atoms with E-state index in [2.05, 4.69) is 0 Å². The van der Waals surface area contributed by atoms with E-state index < -0.39 is 12.4 Å². The Morgan fingerprint density at radius 2 is 1.76 bits per heavy atom. The predicted molar refractivity (Wildman–Crippen MR) is 72.7 cm³/mol. The number of ether oxygens (including phenoxy) is 3. The molecule has 1 aromatic carbocycles. The SMILES string of the molecule is COCCOCCCOc1ccc([B-](F)(F)F)c(C)c1.[K+]. The average molecular weight is 330 g/mol. The van der Waals surface area contributed by atoms with Crippen LogP contribution in [0.1, 0.15) is 12.0 Å². The zero-order valence-corrected chi connectivity index (χ0v) is 15.8. The van der Waals surface area contributed by atoms with Crippen molar-refractivity contribution in [2.24, 2.45) is 0 Å². The summed E-state index contributed by atoms with van der Waals surface area (Å²) >= 11 is 0. The van der Waals surface area contributed by atoms with Crippen molar-refractivity contribution in [2.45, 2.75) is 13.3 Å². The molecule has 0 heterocycles. The van der Waals surface area contributed by atoms with Gasteiger partial charge in [-0.1, -0.05) is 11.6 Å². The maximum atomic E-state index is 12.6. The summed E-state index contributed by atoms with van der Waals surface area (Å²) < 4.78 is 53.3. The van der Waals surface area contributed by atoms with Crippen LogP contribution in [0.25, 0.3) is 0 Å². The van der Waals surface area contributed by atoms with Gasteiger partial charge < -0.3 is 27.2 Å². The van der Waals surface area contributed by atoms with Crippen molar-refractivity contribution >= 4 is 12.4 Å². The Labute approximate surface area is 166 Å². The smallest absolute Gasteiger partial charge is 0.494 e. The van der Waals surface area contributed by atoms with E-state index in [0.717, 1.165) is 6.07 Å². The zero-order valence-electron chi connectivity index (χ0n) is 12.7. The molecular formula is C13H19BF3KO3. The molecule has 0 N–H and O–H groups in total. The van der Waals surface area contributed by atoms with Crippen LogP contribution in [-0.4, -0.2) is 40.5 Å². The molecular weight excluding hydrogens is 311 g/mol. The summed E-state index contributed by atoms with van der Waals surface area (Å²) in [4.78, 5) is 0. The van der Waals surface area contributed by atoms with Gasteiger partial charge in [-0.3, -0.25) is 0 Å². The van der Waals surface area contributed by atoms with E-state index in [1.54, 1.807) is 7.11 Å². The summed E-state index contributed by atoms with van der Waals surface area (Å²) in [6.07, 6.45) is 0.674. The van der Waals surface area contributed by atoms with Gasteiger partial charge in [0.1, 0.15) is 5.75 Å². The number of hydrogen-bond acceptors (Lipinski definition) is 3. The Hall–Kier alpha value is 0.431. The van der Waals surface area contributed by atoms with E-state index in [0.29, 0.717) is 38.6 Å². The molecule has 0 fully saturated rings. The summed E-state index contributed by atoms with van der Waals surface area (Å²) in [6, 6.07) is 3.83. The fourth-order valence-corrected chi connectivity index (χ4v) is 1.70. The van der Waals surface area contributed by atoms with Crippen molar-refractivity contribution in [1.29, 1.82) is 0 Å². The summed E-state index contributed by atoms with van der Waals surface area (Å²) in [6.45, 7) is -1.52. The zero-order chi connectivity index (χ0) is 15.0. The van der Waals surface area contributed by atoms with Gasteiger partial charge in [-0.15, -0.1) is 5.46 Å². The van der Waals surface area contributed by atoms with Gasteiger partial charge in [0.25, 0.3) is 0 Å². The largest absolute Gasteiger partial charge is 1.00 e. The van der Waals surface area contributed by atoms with Crippen LogP contribution in [-0.2, 0) is 9.47 Å². The van der Waals surface area contributed by atoms with Gasteiger partial charge in [-0.05, 0) is 19.1 Å². The first-order valence-electron chi connectivity index (χ1n) is 6.45. The molecule has 21 heavy (non-hydrogen) atoms. The van der Waals surface area contributed by atoms with Crippen LogP contribution in [0.4, 0.5) is 12.9 Å². The van der Waals surface area contributed by atoms with Gasteiger partial charge in [0, 0.05) is 20.1 Å². The van der Waals surface area contributed by atoms with E-state index in [-0.39, 0.29) is 56.9 Å². The first-order chi connectivity index (χ1) is 9.45. The van der Waals surface area contributed by atoms with E-state index in [4.69, 9.17) is 14.2 Å². The van der Waals surface area contributed by atoms with Gasteiger partial charge in [-0.2, -0.15) is 0 Å². The van der Waals surface area contributed by atoms with Gasteiger partial charge in [0.15, 0.2) is 0 Å². The maximum absolute atomic E-state index is 12.6. The topological polar surface area (TPSA) is 27.7 Å². The van der Waals surface area contributed by atoms with Crippen molar-refractivity contribution < 1.29 is 78.5 Å². The fourth-order valence-electron chi connectivity index (χ4n) is 1.70. The minimum absolute atomic E-state index is 0. The first-order valence-corrected chi connectivity index (χ1v) is 6.45. The monoisotopic (exact) mass is 330 g/mol. The van der Waals surface area contributed by atoms with Crippen LogP contribution in [0, 0.1) is 6.92 Å². The Morgan fingerprint density at radius 3 is 2.33 bits per heavy atom. The van der Waals surface area contributed by atoms with Crippen molar-refractivity contribution in [3.8, 4) is 5.75 Å². The quantitative estimate of drug-likeness (QED) is 0.451. The van der Waals surface area contributed by atoms with Gasteiger partial charge in [0.2, 0.25) is 0 Å². The average Bonchev–Trinajstić information content (AvgIpc) is 2.36. The molecule has 0 saturated heterocycles. The van der Waals surface area contributed by atoms with Gasteiger partial charge >= 0.3 is 58.4 Å². The summed E-state index contributed by atoms with van der Waals surface area (Å²) in [5, 5.41) is 0. The van der Waals surface area contributed by atoms with Crippen LogP contribution in [0.15, 0.2) is 18.2 Å². The Kier molecular flexibility index (Phi) is 11.3. The third-order valence-corrected chi connectivity index (χ3v) is 2.73. The Bertz CT molecular complexity index is 416. The number of aryl methyl sites for hydroxylation is 1. The van der Waals surface area contributed by atoms with E-state index in [9.17, 15) is 12.9 Å². The molecule has 0 spiro atoms. The van der Waals surface area contributed by atoms with Crippen molar-refractivity contribution in [2.75, 3.05) is 33.5 Å². The van der Waals surface area contributed by atoms with E-state index in [1.165, 1.54) is 19.1 Å². The van der Waals surface area contributed by atoms with E-state index in [1.807, 2.05) is 0 Å². The van der Waals surface area contributed by atoms with E-state index >= 15 is 0 Å². The molecule has 0 radical (unpaired) electrons. The van der Waals surface area contributed by atoms with Crippen LogP contribution >= 0.6 is 0 Å². The number of methoxy groups -OCH3 is 1. The van der Waals surface area contributed by atoms with Crippen LogP contribution in [0.5, 0.6) is 5.75 Å². The third-order valence-electron chi connectivity index (χ3n) is 2.73. The molecule has 0 atom stereocenters. The minimum atomic E-state index is -4.96. The summed E-state index contributed by atoms with van der Waals surface area (Å²) in [7, 11) is 1.60. The Morgan fingerprint density at radius 1 is 1.05 bits per heavy atom. The summed E-state index contributed by atoms with van der Waals surface area (Å²) in [5.74, 6) is 0.447.